The summed E-state index contributed by atoms with van der Waals surface area (Å²) in [5.74, 6) is -0.197. The van der Waals surface area contributed by atoms with Crippen LogP contribution >= 0.6 is 11.8 Å². The van der Waals surface area contributed by atoms with Crippen molar-refractivity contribution in [2.24, 2.45) is 0 Å². The molecule has 7 heteroatoms. The molecule has 2 N–H and O–H groups in total. The van der Waals surface area contributed by atoms with E-state index in [1.54, 1.807) is 19.4 Å². The quantitative estimate of drug-likeness (QED) is 0.744. The van der Waals surface area contributed by atoms with Crippen LogP contribution in [0.2, 0.25) is 0 Å². The van der Waals surface area contributed by atoms with Gasteiger partial charge in [-0.15, -0.1) is 11.8 Å². The Morgan fingerprint density at radius 1 is 1.56 bits per heavy atom. The molecular formula is C9H13N3O3S. The monoisotopic (exact) mass is 243 g/mol. The Hall–Kier alpha value is -1.50. The number of rotatable bonds is 6. The summed E-state index contributed by atoms with van der Waals surface area (Å²) >= 11 is 1.09. The SMILES string of the molecule is CN(Cc1ncc[nH]1)C(=O)CSCC(=O)O. The number of amides is 1. The normalized spacial score (nSPS) is 10.1. The number of thioether (sulfide) groups is 1. The number of aromatic amines is 1. The number of carbonyl (C=O) groups excluding carboxylic acids is 1. The van der Waals surface area contributed by atoms with Gasteiger partial charge in [-0.1, -0.05) is 0 Å². The van der Waals surface area contributed by atoms with E-state index in [4.69, 9.17) is 5.11 Å². The molecule has 0 aromatic carbocycles. The van der Waals surface area contributed by atoms with Gasteiger partial charge in [-0.05, 0) is 0 Å². The van der Waals surface area contributed by atoms with Gasteiger partial charge in [0, 0.05) is 19.4 Å². The van der Waals surface area contributed by atoms with Crippen LogP contribution in [0.15, 0.2) is 12.4 Å². The first-order valence-corrected chi connectivity index (χ1v) is 5.77. The molecule has 1 aromatic rings. The zero-order valence-corrected chi connectivity index (χ0v) is 9.66. The average molecular weight is 243 g/mol. The lowest BCUT2D eigenvalue weighted by molar-refractivity contribution is -0.133. The fraction of sp³-hybridized carbons (Fsp3) is 0.444. The van der Waals surface area contributed by atoms with Gasteiger partial charge in [0.25, 0.3) is 0 Å². The third kappa shape index (κ3) is 4.35. The molecule has 0 saturated carbocycles. The summed E-state index contributed by atoms with van der Waals surface area (Å²) in [7, 11) is 1.66. The van der Waals surface area contributed by atoms with Crippen LogP contribution in [0.1, 0.15) is 5.82 Å². The number of aromatic nitrogens is 2. The van der Waals surface area contributed by atoms with Crippen molar-refractivity contribution in [2.75, 3.05) is 18.6 Å². The van der Waals surface area contributed by atoms with Gasteiger partial charge < -0.3 is 15.0 Å². The van der Waals surface area contributed by atoms with Crippen LogP contribution in [-0.2, 0) is 16.1 Å². The molecule has 0 fully saturated rings. The number of nitrogens with one attached hydrogen (secondary N) is 1. The second-order valence-electron chi connectivity index (χ2n) is 3.17. The highest BCUT2D eigenvalue weighted by Crippen LogP contribution is 2.03. The Morgan fingerprint density at radius 3 is 2.88 bits per heavy atom. The van der Waals surface area contributed by atoms with Crippen LogP contribution in [0.3, 0.4) is 0 Å². The molecule has 0 aliphatic heterocycles. The van der Waals surface area contributed by atoms with Crippen LogP contribution in [-0.4, -0.2) is 50.4 Å². The van der Waals surface area contributed by atoms with Crippen LogP contribution in [0.5, 0.6) is 0 Å². The molecule has 0 spiro atoms. The van der Waals surface area contributed by atoms with Crippen molar-refractivity contribution in [3.05, 3.63) is 18.2 Å². The highest BCUT2D eigenvalue weighted by molar-refractivity contribution is 8.00. The number of carboxylic acid groups (broad SMARTS) is 1. The molecule has 0 radical (unpaired) electrons. The van der Waals surface area contributed by atoms with Gasteiger partial charge in [0.15, 0.2) is 0 Å². The smallest absolute Gasteiger partial charge is 0.313 e. The summed E-state index contributed by atoms with van der Waals surface area (Å²) < 4.78 is 0. The highest BCUT2D eigenvalue weighted by Gasteiger charge is 2.11. The minimum Gasteiger partial charge on any atom is -0.481 e. The van der Waals surface area contributed by atoms with E-state index in [1.807, 2.05) is 0 Å². The molecule has 1 heterocycles. The number of carboxylic acids is 1. The first-order chi connectivity index (χ1) is 7.59. The molecule has 0 aliphatic rings. The number of nitrogens with zero attached hydrogens (tertiary/aromatic N) is 2. The Labute approximate surface area is 97.1 Å². The van der Waals surface area contributed by atoms with Crippen molar-refractivity contribution in [2.45, 2.75) is 6.54 Å². The lowest BCUT2D eigenvalue weighted by Crippen LogP contribution is -2.28. The minimum absolute atomic E-state index is 0.0552. The Bertz CT molecular complexity index is 353. The minimum atomic E-state index is -0.911. The number of carbonyl (C=O) groups is 2. The van der Waals surface area contributed by atoms with E-state index < -0.39 is 5.97 Å². The van der Waals surface area contributed by atoms with Crippen molar-refractivity contribution in [1.29, 1.82) is 0 Å². The number of aliphatic carboxylic acids is 1. The molecule has 1 rings (SSSR count). The van der Waals surface area contributed by atoms with Crippen molar-refractivity contribution < 1.29 is 14.7 Å². The number of H-pyrrole nitrogens is 1. The largest absolute Gasteiger partial charge is 0.481 e. The number of hydrogen-bond donors (Lipinski definition) is 2. The van der Waals surface area contributed by atoms with Crippen molar-refractivity contribution in [1.82, 2.24) is 14.9 Å². The zero-order valence-electron chi connectivity index (χ0n) is 8.84. The van der Waals surface area contributed by atoms with E-state index in [2.05, 4.69) is 9.97 Å². The van der Waals surface area contributed by atoms with Gasteiger partial charge in [0.05, 0.1) is 18.1 Å². The molecule has 6 nitrogen and oxygen atoms in total. The van der Waals surface area contributed by atoms with E-state index in [-0.39, 0.29) is 17.4 Å². The van der Waals surface area contributed by atoms with E-state index in [0.29, 0.717) is 12.4 Å². The van der Waals surface area contributed by atoms with E-state index in [1.165, 1.54) is 4.90 Å². The van der Waals surface area contributed by atoms with Gasteiger partial charge in [-0.3, -0.25) is 9.59 Å². The summed E-state index contributed by atoms with van der Waals surface area (Å²) in [4.78, 5) is 30.2. The van der Waals surface area contributed by atoms with E-state index in [9.17, 15) is 9.59 Å². The molecule has 0 atom stereocenters. The average Bonchev–Trinajstić information content (AvgIpc) is 2.69. The van der Waals surface area contributed by atoms with Crippen molar-refractivity contribution >= 4 is 23.6 Å². The summed E-state index contributed by atoms with van der Waals surface area (Å²) in [5.41, 5.74) is 0. The van der Waals surface area contributed by atoms with E-state index >= 15 is 0 Å². The summed E-state index contributed by atoms with van der Waals surface area (Å²) in [6.07, 6.45) is 3.31. The first kappa shape index (κ1) is 12.6. The molecule has 88 valence electrons. The number of imidazole rings is 1. The molecule has 0 bridgehead atoms. The molecule has 16 heavy (non-hydrogen) atoms. The van der Waals surface area contributed by atoms with Gasteiger partial charge in [-0.25, -0.2) is 4.98 Å². The lowest BCUT2D eigenvalue weighted by Gasteiger charge is -2.14. The maximum Gasteiger partial charge on any atom is 0.313 e. The fourth-order valence-corrected chi connectivity index (χ4v) is 1.70. The van der Waals surface area contributed by atoms with Gasteiger partial charge in [0.2, 0.25) is 5.91 Å². The topological polar surface area (TPSA) is 86.3 Å². The van der Waals surface area contributed by atoms with Crippen LogP contribution in [0.4, 0.5) is 0 Å². The molecule has 1 amide bonds. The predicted molar refractivity (Wildman–Crippen MR) is 60.0 cm³/mol. The maximum atomic E-state index is 11.5. The van der Waals surface area contributed by atoms with Crippen molar-refractivity contribution in [3.63, 3.8) is 0 Å². The maximum absolute atomic E-state index is 11.5. The van der Waals surface area contributed by atoms with Crippen LogP contribution in [0, 0.1) is 0 Å². The zero-order chi connectivity index (χ0) is 12.0. The highest BCUT2D eigenvalue weighted by atomic mass is 32.2. The molecule has 0 aliphatic carbocycles. The third-order valence-corrected chi connectivity index (χ3v) is 2.72. The fourth-order valence-electron chi connectivity index (χ4n) is 1.03. The number of hydrogen-bond acceptors (Lipinski definition) is 4. The van der Waals surface area contributed by atoms with E-state index in [0.717, 1.165) is 11.8 Å². The lowest BCUT2D eigenvalue weighted by atomic mass is 10.5. The van der Waals surface area contributed by atoms with Gasteiger partial charge >= 0.3 is 5.97 Å². The first-order valence-electron chi connectivity index (χ1n) is 4.61. The second kappa shape index (κ2) is 6.16. The standard InChI is InChI=1S/C9H13N3O3S/c1-12(4-7-10-2-3-11-7)8(13)5-16-6-9(14)15/h2-3H,4-6H2,1H3,(H,10,11)(H,14,15). The summed E-state index contributed by atoms with van der Waals surface area (Å²) in [5, 5.41) is 8.41. The molecular weight excluding hydrogens is 230 g/mol. The van der Waals surface area contributed by atoms with Crippen molar-refractivity contribution in [3.8, 4) is 0 Å². The molecule has 0 unspecified atom stereocenters. The van der Waals surface area contributed by atoms with Gasteiger partial charge in [-0.2, -0.15) is 0 Å². The second-order valence-corrected chi connectivity index (χ2v) is 4.16. The summed E-state index contributed by atoms with van der Waals surface area (Å²) in [6, 6.07) is 0. The Balaban J connectivity index is 2.28. The molecule has 0 saturated heterocycles. The predicted octanol–water partition coefficient (Wildman–Crippen LogP) is 0.186. The van der Waals surface area contributed by atoms with Crippen LogP contribution < -0.4 is 0 Å². The third-order valence-electron chi connectivity index (χ3n) is 1.82. The summed E-state index contributed by atoms with van der Waals surface area (Å²) in [6.45, 7) is 0.402. The molecule has 1 aromatic heterocycles. The Kier molecular flexibility index (Phi) is 4.84. The van der Waals surface area contributed by atoms with Gasteiger partial charge in [0.1, 0.15) is 5.82 Å². The van der Waals surface area contributed by atoms with Crippen LogP contribution in [0.25, 0.3) is 0 Å². The Morgan fingerprint density at radius 2 is 2.31 bits per heavy atom.